The minimum Gasteiger partial charge on any atom is -0.336 e. The maximum atomic E-state index is 13.9. The number of amides is 2. The standard InChI is InChI=1S/C20H26FN5O/c1-23(2)20(27)26-12-16-11-25(9-8-24-7-6-22-14-24)13-18(16)19(26)15-4-3-5-17(21)10-15/h3-7,10,14,16,18-19H,8-9,11-13H2,1-2H3/t16-,18-,19-/m1/s1. The molecule has 0 bridgehead atoms. The van der Waals surface area contributed by atoms with E-state index in [1.807, 2.05) is 23.5 Å². The van der Waals surface area contributed by atoms with Crippen molar-refractivity contribution in [2.24, 2.45) is 11.8 Å². The van der Waals surface area contributed by atoms with Gasteiger partial charge in [-0.05, 0) is 23.6 Å². The summed E-state index contributed by atoms with van der Waals surface area (Å²) >= 11 is 0. The number of urea groups is 1. The first-order chi connectivity index (χ1) is 13.0. The number of halogens is 1. The maximum Gasteiger partial charge on any atom is 0.320 e. The number of imidazole rings is 1. The first kappa shape index (κ1) is 18.0. The van der Waals surface area contributed by atoms with Crippen molar-refractivity contribution < 1.29 is 9.18 Å². The van der Waals surface area contributed by atoms with E-state index >= 15 is 0 Å². The summed E-state index contributed by atoms with van der Waals surface area (Å²) in [5.74, 6) is 0.506. The lowest BCUT2D eigenvalue weighted by Crippen LogP contribution is -2.41. The van der Waals surface area contributed by atoms with E-state index in [-0.39, 0.29) is 17.9 Å². The summed E-state index contributed by atoms with van der Waals surface area (Å²) in [5, 5.41) is 0. The average molecular weight is 371 g/mol. The first-order valence-corrected chi connectivity index (χ1v) is 9.44. The Bertz CT molecular complexity index is 793. The van der Waals surface area contributed by atoms with Gasteiger partial charge < -0.3 is 19.3 Å². The number of hydrogen-bond donors (Lipinski definition) is 0. The second kappa shape index (κ2) is 7.31. The van der Waals surface area contributed by atoms with E-state index in [9.17, 15) is 9.18 Å². The topological polar surface area (TPSA) is 44.6 Å². The number of rotatable bonds is 4. The highest BCUT2D eigenvalue weighted by atomic mass is 19.1. The zero-order valence-corrected chi connectivity index (χ0v) is 15.8. The SMILES string of the molecule is CN(C)C(=O)N1C[C@H]2CN(CCn3ccnc3)C[C@H]2[C@H]1c1cccc(F)c1. The third kappa shape index (κ3) is 3.56. The summed E-state index contributed by atoms with van der Waals surface area (Å²) in [6.45, 7) is 4.50. The number of likely N-dealkylation sites (tertiary alicyclic amines) is 2. The van der Waals surface area contributed by atoms with Crippen molar-refractivity contribution in [3.05, 3.63) is 54.4 Å². The molecule has 0 unspecified atom stereocenters. The van der Waals surface area contributed by atoms with Crippen molar-refractivity contribution in [2.45, 2.75) is 12.6 Å². The van der Waals surface area contributed by atoms with E-state index < -0.39 is 0 Å². The molecule has 0 spiro atoms. The number of nitrogens with zero attached hydrogens (tertiary/aromatic N) is 5. The van der Waals surface area contributed by atoms with Gasteiger partial charge in [0.05, 0.1) is 12.4 Å². The van der Waals surface area contributed by atoms with Gasteiger partial charge in [0.1, 0.15) is 5.82 Å². The monoisotopic (exact) mass is 371 g/mol. The van der Waals surface area contributed by atoms with Crippen LogP contribution in [0.5, 0.6) is 0 Å². The number of carbonyl (C=O) groups excluding carboxylic acids is 1. The average Bonchev–Trinajstić information content (AvgIpc) is 3.34. The van der Waals surface area contributed by atoms with Crippen LogP contribution in [0.15, 0.2) is 43.0 Å². The van der Waals surface area contributed by atoms with Gasteiger partial charge in [0.15, 0.2) is 0 Å². The summed E-state index contributed by atoms with van der Waals surface area (Å²) in [5.41, 5.74) is 0.897. The molecule has 0 aliphatic carbocycles. The van der Waals surface area contributed by atoms with E-state index in [1.54, 1.807) is 37.3 Å². The van der Waals surface area contributed by atoms with Crippen molar-refractivity contribution in [3.63, 3.8) is 0 Å². The van der Waals surface area contributed by atoms with Gasteiger partial charge in [-0.1, -0.05) is 12.1 Å². The van der Waals surface area contributed by atoms with Crippen LogP contribution in [0.3, 0.4) is 0 Å². The normalized spacial score (nSPS) is 25.0. The number of hydrogen-bond acceptors (Lipinski definition) is 3. The molecule has 0 radical (unpaired) electrons. The van der Waals surface area contributed by atoms with Gasteiger partial charge in [0.2, 0.25) is 0 Å². The first-order valence-electron chi connectivity index (χ1n) is 9.44. The molecule has 2 aliphatic rings. The molecule has 2 saturated heterocycles. The van der Waals surface area contributed by atoms with Crippen LogP contribution in [-0.2, 0) is 6.54 Å². The van der Waals surface area contributed by atoms with E-state index in [0.29, 0.717) is 11.8 Å². The Hall–Kier alpha value is -2.41. The fourth-order valence-corrected chi connectivity index (χ4v) is 4.57. The molecule has 7 heteroatoms. The lowest BCUT2D eigenvalue weighted by atomic mass is 9.89. The molecule has 27 heavy (non-hydrogen) atoms. The van der Waals surface area contributed by atoms with Crippen LogP contribution in [0, 0.1) is 17.7 Å². The van der Waals surface area contributed by atoms with E-state index in [2.05, 4.69) is 14.5 Å². The molecule has 1 aromatic heterocycles. The van der Waals surface area contributed by atoms with Crippen molar-refractivity contribution in [2.75, 3.05) is 40.3 Å². The largest absolute Gasteiger partial charge is 0.336 e. The second-order valence-corrected chi connectivity index (χ2v) is 7.81. The predicted molar refractivity (Wildman–Crippen MR) is 101 cm³/mol. The molecule has 4 rings (SSSR count). The lowest BCUT2D eigenvalue weighted by molar-refractivity contribution is 0.152. The highest BCUT2D eigenvalue weighted by Gasteiger charge is 2.49. The number of aromatic nitrogens is 2. The Morgan fingerprint density at radius 3 is 2.81 bits per heavy atom. The Kier molecular flexibility index (Phi) is 4.86. The Labute approximate surface area is 159 Å². The molecule has 2 aromatic rings. The van der Waals surface area contributed by atoms with Crippen molar-refractivity contribution >= 4 is 6.03 Å². The lowest BCUT2D eigenvalue weighted by Gasteiger charge is -2.32. The molecule has 0 saturated carbocycles. The van der Waals surface area contributed by atoms with Crippen LogP contribution in [-0.4, -0.2) is 70.6 Å². The molecule has 144 valence electrons. The van der Waals surface area contributed by atoms with Gasteiger partial charge in [-0.3, -0.25) is 0 Å². The number of fused-ring (bicyclic) bond motifs is 1. The molecule has 3 atom stereocenters. The third-order valence-corrected chi connectivity index (χ3v) is 5.79. The van der Waals surface area contributed by atoms with Gasteiger partial charge in [-0.2, -0.15) is 0 Å². The minimum atomic E-state index is -0.247. The van der Waals surface area contributed by atoms with Gasteiger partial charge in [-0.15, -0.1) is 0 Å². The smallest absolute Gasteiger partial charge is 0.320 e. The van der Waals surface area contributed by atoms with Crippen LogP contribution in [0.4, 0.5) is 9.18 Å². The quantitative estimate of drug-likeness (QED) is 0.829. The second-order valence-electron chi connectivity index (χ2n) is 7.81. The zero-order valence-electron chi connectivity index (χ0n) is 15.8. The van der Waals surface area contributed by atoms with E-state index in [1.165, 1.54) is 6.07 Å². The van der Waals surface area contributed by atoms with Crippen molar-refractivity contribution in [1.82, 2.24) is 24.3 Å². The molecule has 3 heterocycles. The molecule has 6 nitrogen and oxygen atoms in total. The van der Waals surface area contributed by atoms with Gasteiger partial charge in [0.25, 0.3) is 0 Å². The molecule has 2 aliphatic heterocycles. The molecule has 2 fully saturated rings. The molecular formula is C20H26FN5O. The minimum absolute atomic E-state index is 0.00336. The van der Waals surface area contributed by atoms with Crippen LogP contribution in [0.1, 0.15) is 11.6 Å². The summed E-state index contributed by atoms with van der Waals surface area (Å²) < 4.78 is 16.0. The van der Waals surface area contributed by atoms with Crippen LogP contribution >= 0.6 is 0 Å². The fraction of sp³-hybridized carbons (Fsp3) is 0.500. The summed E-state index contributed by atoms with van der Waals surface area (Å²) in [4.78, 5) is 22.8. The van der Waals surface area contributed by atoms with Crippen molar-refractivity contribution in [1.29, 1.82) is 0 Å². The highest BCUT2D eigenvalue weighted by molar-refractivity contribution is 5.75. The molecular weight excluding hydrogens is 345 g/mol. The third-order valence-electron chi connectivity index (χ3n) is 5.79. The Morgan fingerprint density at radius 1 is 1.26 bits per heavy atom. The van der Waals surface area contributed by atoms with Crippen molar-refractivity contribution in [3.8, 4) is 0 Å². The summed E-state index contributed by atoms with van der Waals surface area (Å²) in [6, 6.07) is 6.65. The molecule has 2 amide bonds. The predicted octanol–water partition coefficient (Wildman–Crippen LogP) is 2.31. The van der Waals surface area contributed by atoms with Crippen LogP contribution in [0.25, 0.3) is 0 Å². The van der Waals surface area contributed by atoms with Crippen LogP contribution in [0.2, 0.25) is 0 Å². The number of carbonyl (C=O) groups is 1. The highest BCUT2D eigenvalue weighted by Crippen LogP contribution is 2.45. The van der Waals surface area contributed by atoms with E-state index in [4.69, 9.17) is 0 Å². The molecule has 0 N–H and O–H groups in total. The Morgan fingerprint density at radius 2 is 2.11 bits per heavy atom. The maximum absolute atomic E-state index is 13.9. The zero-order chi connectivity index (χ0) is 19.0. The Balaban J connectivity index is 1.52. The number of benzene rings is 1. The van der Waals surface area contributed by atoms with Gasteiger partial charge >= 0.3 is 6.03 Å². The fourth-order valence-electron chi connectivity index (χ4n) is 4.57. The molecule has 1 aromatic carbocycles. The van der Waals surface area contributed by atoms with Crippen LogP contribution < -0.4 is 0 Å². The summed E-state index contributed by atoms with van der Waals surface area (Å²) in [6.07, 6.45) is 5.61. The van der Waals surface area contributed by atoms with Gasteiger partial charge in [0, 0.05) is 65.1 Å². The summed E-state index contributed by atoms with van der Waals surface area (Å²) in [7, 11) is 3.55. The van der Waals surface area contributed by atoms with E-state index in [0.717, 1.165) is 38.3 Å². The van der Waals surface area contributed by atoms with Gasteiger partial charge in [-0.25, -0.2) is 14.2 Å².